The highest BCUT2D eigenvalue weighted by molar-refractivity contribution is 4.97. The van der Waals surface area contributed by atoms with Crippen LogP contribution in [0.2, 0.25) is 0 Å². The van der Waals surface area contributed by atoms with Crippen molar-refractivity contribution in [2.75, 3.05) is 19.6 Å². The summed E-state index contributed by atoms with van der Waals surface area (Å²) >= 11 is 0. The second kappa shape index (κ2) is 6.27. The normalized spacial score (nSPS) is 31.1. The van der Waals surface area contributed by atoms with Crippen LogP contribution in [0.5, 0.6) is 0 Å². The predicted octanol–water partition coefficient (Wildman–Crippen LogP) is 2.01. The topological polar surface area (TPSA) is 15.3 Å². The molecule has 1 N–H and O–H groups in total. The zero-order valence-corrected chi connectivity index (χ0v) is 10.5. The zero-order valence-electron chi connectivity index (χ0n) is 10.5. The van der Waals surface area contributed by atoms with Gasteiger partial charge in [0.15, 0.2) is 0 Å². The van der Waals surface area contributed by atoms with E-state index in [0.717, 1.165) is 18.5 Å². The van der Waals surface area contributed by atoms with Gasteiger partial charge in [-0.25, -0.2) is 0 Å². The molecule has 0 aliphatic carbocycles. The van der Waals surface area contributed by atoms with Crippen LogP contribution < -0.4 is 5.32 Å². The Balaban J connectivity index is 1.87. The number of hydrogen-bond donors (Lipinski definition) is 1. The van der Waals surface area contributed by atoms with E-state index in [1.165, 1.54) is 51.7 Å². The largest absolute Gasteiger partial charge is 0.312 e. The third kappa shape index (κ3) is 2.99. The van der Waals surface area contributed by atoms with E-state index in [1.54, 1.807) is 0 Å². The van der Waals surface area contributed by atoms with E-state index in [-0.39, 0.29) is 0 Å². The lowest BCUT2D eigenvalue weighted by Gasteiger charge is -2.39. The van der Waals surface area contributed by atoms with E-state index in [4.69, 9.17) is 0 Å². The van der Waals surface area contributed by atoms with E-state index < -0.39 is 0 Å². The van der Waals surface area contributed by atoms with Crippen LogP contribution in [0.15, 0.2) is 0 Å². The number of hydrogen-bond acceptors (Lipinski definition) is 2. The third-order valence-corrected chi connectivity index (χ3v) is 3.93. The molecule has 2 unspecified atom stereocenters. The Bertz CT molecular complexity index is 258. The van der Waals surface area contributed by atoms with Crippen LogP contribution in [-0.4, -0.2) is 36.6 Å². The average Bonchev–Trinajstić information content (AvgIpc) is 2.83. The Hall–Kier alpha value is -0.520. The van der Waals surface area contributed by atoms with Crippen molar-refractivity contribution >= 4 is 0 Å². The van der Waals surface area contributed by atoms with E-state index in [1.807, 2.05) is 6.92 Å². The van der Waals surface area contributed by atoms with Crippen LogP contribution in [0, 0.1) is 11.8 Å². The minimum atomic E-state index is 0.759. The maximum absolute atomic E-state index is 3.67. The maximum atomic E-state index is 3.67. The van der Waals surface area contributed by atoms with Crippen molar-refractivity contribution in [3.05, 3.63) is 0 Å². The quantitative estimate of drug-likeness (QED) is 0.732. The molecule has 2 atom stereocenters. The fourth-order valence-electron chi connectivity index (χ4n) is 3.11. The number of nitrogens with one attached hydrogen (secondary N) is 1. The average molecular weight is 220 g/mol. The van der Waals surface area contributed by atoms with Crippen molar-refractivity contribution < 1.29 is 0 Å². The molecule has 16 heavy (non-hydrogen) atoms. The molecular weight excluding hydrogens is 196 g/mol. The molecule has 90 valence electrons. The Morgan fingerprint density at radius 1 is 1.25 bits per heavy atom. The van der Waals surface area contributed by atoms with Crippen molar-refractivity contribution in [1.29, 1.82) is 0 Å². The lowest BCUT2D eigenvalue weighted by Crippen LogP contribution is -2.50. The Morgan fingerprint density at radius 3 is 2.94 bits per heavy atom. The summed E-state index contributed by atoms with van der Waals surface area (Å²) < 4.78 is 0. The van der Waals surface area contributed by atoms with Gasteiger partial charge >= 0.3 is 0 Å². The lowest BCUT2D eigenvalue weighted by atomic mass is 9.94. The van der Waals surface area contributed by atoms with E-state index in [9.17, 15) is 0 Å². The molecule has 2 aliphatic rings. The van der Waals surface area contributed by atoms with Gasteiger partial charge in [-0.1, -0.05) is 6.42 Å². The molecule has 0 aromatic heterocycles. The summed E-state index contributed by atoms with van der Waals surface area (Å²) in [4.78, 5) is 2.68. The van der Waals surface area contributed by atoms with Crippen LogP contribution in [0.25, 0.3) is 0 Å². The van der Waals surface area contributed by atoms with Crippen LogP contribution in [-0.2, 0) is 0 Å². The maximum Gasteiger partial charge on any atom is 0.0249 e. The van der Waals surface area contributed by atoms with E-state index >= 15 is 0 Å². The van der Waals surface area contributed by atoms with Gasteiger partial charge in [0.25, 0.3) is 0 Å². The minimum Gasteiger partial charge on any atom is -0.312 e. The highest BCUT2D eigenvalue weighted by atomic mass is 15.2. The minimum absolute atomic E-state index is 0.759. The first-order valence-electron chi connectivity index (χ1n) is 6.79. The van der Waals surface area contributed by atoms with Gasteiger partial charge in [0.2, 0.25) is 0 Å². The molecule has 0 aromatic carbocycles. The summed E-state index contributed by atoms with van der Waals surface area (Å²) in [5.41, 5.74) is 0. The summed E-state index contributed by atoms with van der Waals surface area (Å²) in [5.74, 6) is 6.19. The molecular formula is C14H24N2. The van der Waals surface area contributed by atoms with Crippen molar-refractivity contribution in [3.8, 4) is 11.8 Å². The fraction of sp³-hybridized carbons (Fsp3) is 0.857. The van der Waals surface area contributed by atoms with Gasteiger partial charge < -0.3 is 5.32 Å². The first-order chi connectivity index (χ1) is 7.92. The summed E-state index contributed by atoms with van der Waals surface area (Å²) in [5, 5.41) is 3.67. The van der Waals surface area contributed by atoms with Gasteiger partial charge in [-0.2, -0.15) is 0 Å². The van der Waals surface area contributed by atoms with Crippen LogP contribution in [0.4, 0.5) is 0 Å². The van der Waals surface area contributed by atoms with Gasteiger partial charge in [-0.05, 0) is 45.7 Å². The predicted molar refractivity (Wildman–Crippen MR) is 68.3 cm³/mol. The zero-order chi connectivity index (χ0) is 11.2. The lowest BCUT2D eigenvalue weighted by molar-refractivity contribution is 0.123. The molecule has 0 saturated carbocycles. The molecule has 2 rings (SSSR count). The molecule has 0 amide bonds. The molecule has 0 spiro atoms. The summed E-state index contributed by atoms with van der Waals surface area (Å²) in [7, 11) is 0. The Morgan fingerprint density at radius 2 is 2.19 bits per heavy atom. The summed E-state index contributed by atoms with van der Waals surface area (Å²) in [6.45, 7) is 5.62. The molecule has 2 heteroatoms. The van der Waals surface area contributed by atoms with Crippen LogP contribution >= 0.6 is 0 Å². The van der Waals surface area contributed by atoms with E-state index in [0.29, 0.717) is 0 Å². The molecule has 2 nitrogen and oxygen atoms in total. The fourth-order valence-corrected chi connectivity index (χ4v) is 3.11. The SMILES string of the molecule is CC#CCCN1CCCCC1C1CCCN1. The standard InChI is InChI=1S/C14H24N2/c1-2-3-5-11-16-12-6-4-9-14(16)13-8-7-10-15-13/h13-15H,4-12H2,1H3. The smallest absolute Gasteiger partial charge is 0.0249 e. The molecule has 0 radical (unpaired) electrons. The molecule has 2 fully saturated rings. The third-order valence-electron chi connectivity index (χ3n) is 3.93. The summed E-state index contributed by atoms with van der Waals surface area (Å²) in [6.07, 6.45) is 7.96. The van der Waals surface area contributed by atoms with Crippen molar-refractivity contribution in [1.82, 2.24) is 10.2 Å². The van der Waals surface area contributed by atoms with Crippen molar-refractivity contribution in [3.63, 3.8) is 0 Å². The number of piperidine rings is 1. The number of nitrogens with zero attached hydrogens (tertiary/aromatic N) is 1. The van der Waals surface area contributed by atoms with Crippen molar-refractivity contribution in [2.45, 2.75) is 57.5 Å². The van der Waals surface area contributed by atoms with Gasteiger partial charge in [-0.3, -0.25) is 4.90 Å². The molecule has 0 bridgehead atoms. The number of likely N-dealkylation sites (tertiary alicyclic amines) is 1. The van der Waals surface area contributed by atoms with Gasteiger partial charge in [0, 0.05) is 25.0 Å². The van der Waals surface area contributed by atoms with Gasteiger partial charge in [0.05, 0.1) is 0 Å². The Kier molecular flexibility index (Phi) is 4.69. The van der Waals surface area contributed by atoms with Crippen LogP contribution in [0.3, 0.4) is 0 Å². The highest BCUT2D eigenvalue weighted by Gasteiger charge is 2.30. The molecule has 2 saturated heterocycles. The highest BCUT2D eigenvalue weighted by Crippen LogP contribution is 2.24. The van der Waals surface area contributed by atoms with Crippen LogP contribution in [0.1, 0.15) is 45.4 Å². The number of rotatable bonds is 3. The van der Waals surface area contributed by atoms with Crippen molar-refractivity contribution in [2.24, 2.45) is 0 Å². The second-order valence-electron chi connectivity index (χ2n) is 4.98. The van der Waals surface area contributed by atoms with E-state index in [2.05, 4.69) is 22.1 Å². The van der Waals surface area contributed by atoms with Gasteiger partial charge in [-0.15, -0.1) is 11.8 Å². The molecule has 2 aliphatic heterocycles. The first-order valence-corrected chi connectivity index (χ1v) is 6.79. The Labute approximate surface area is 99.8 Å². The summed E-state index contributed by atoms with van der Waals surface area (Å²) in [6, 6.07) is 1.55. The molecule has 0 aromatic rings. The second-order valence-corrected chi connectivity index (χ2v) is 4.98. The van der Waals surface area contributed by atoms with Gasteiger partial charge in [0.1, 0.15) is 0 Å². The first kappa shape index (κ1) is 12.0. The molecule has 2 heterocycles. The monoisotopic (exact) mass is 220 g/mol.